The molecule has 5 nitrogen and oxygen atoms in total. The quantitative estimate of drug-likeness (QED) is 0.683. The van der Waals surface area contributed by atoms with Crippen molar-refractivity contribution in [2.24, 2.45) is 0 Å². The van der Waals surface area contributed by atoms with Crippen molar-refractivity contribution in [3.05, 3.63) is 18.2 Å². The maximum atomic E-state index is 9.39. The van der Waals surface area contributed by atoms with E-state index in [0.29, 0.717) is 30.3 Å². The molecule has 1 atom stereocenters. The maximum absolute atomic E-state index is 9.39. The SMILES string of the molecule is CCC(O)CNc1nc2ccc(N)cc2o1. The average Bonchev–Trinajstić information content (AvgIpc) is 2.67. The summed E-state index contributed by atoms with van der Waals surface area (Å²) in [6.07, 6.45) is 0.306. The first-order chi connectivity index (χ1) is 7.69. The Morgan fingerprint density at radius 2 is 2.38 bits per heavy atom. The normalized spacial score (nSPS) is 12.9. The van der Waals surface area contributed by atoms with Crippen molar-refractivity contribution in [1.29, 1.82) is 0 Å². The Hall–Kier alpha value is -1.75. The second-order valence-electron chi connectivity index (χ2n) is 3.69. The standard InChI is InChI=1S/C11H15N3O2/c1-2-8(15)6-13-11-14-9-4-3-7(12)5-10(9)16-11/h3-5,8,15H,2,6,12H2,1H3,(H,13,14). The molecule has 0 bridgehead atoms. The number of oxazole rings is 1. The third-order valence-electron chi connectivity index (χ3n) is 2.37. The summed E-state index contributed by atoms with van der Waals surface area (Å²) in [5, 5.41) is 12.3. The molecule has 1 aromatic heterocycles. The van der Waals surface area contributed by atoms with Gasteiger partial charge in [0.1, 0.15) is 5.52 Å². The molecule has 0 saturated carbocycles. The second kappa shape index (κ2) is 4.40. The van der Waals surface area contributed by atoms with Crippen LogP contribution in [0.5, 0.6) is 0 Å². The van der Waals surface area contributed by atoms with Crippen molar-refractivity contribution in [3.8, 4) is 0 Å². The number of aliphatic hydroxyl groups excluding tert-OH is 1. The van der Waals surface area contributed by atoms with Crippen molar-refractivity contribution in [2.45, 2.75) is 19.4 Å². The van der Waals surface area contributed by atoms with E-state index in [4.69, 9.17) is 10.2 Å². The van der Waals surface area contributed by atoms with Gasteiger partial charge in [0, 0.05) is 18.3 Å². The fourth-order valence-electron chi connectivity index (χ4n) is 1.37. The predicted molar refractivity (Wildman–Crippen MR) is 63.2 cm³/mol. The molecule has 5 heteroatoms. The highest BCUT2D eigenvalue weighted by Gasteiger charge is 2.07. The van der Waals surface area contributed by atoms with Gasteiger partial charge in [-0.25, -0.2) is 0 Å². The molecule has 0 fully saturated rings. The lowest BCUT2D eigenvalue weighted by molar-refractivity contribution is 0.182. The van der Waals surface area contributed by atoms with Crippen LogP contribution in [0.3, 0.4) is 0 Å². The van der Waals surface area contributed by atoms with E-state index < -0.39 is 0 Å². The van der Waals surface area contributed by atoms with E-state index in [1.165, 1.54) is 0 Å². The molecule has 1 unspecified atom stereocenters. The van der Waals surface area contributed by atoms with Crippen LogP contribution < -0.4 is 11.1 Å². The number of nitrogens with one attached hydrogen (secondary N) is 1. The minimum Gasteiger partial charge on any atom is -0.423 e. The minimum absolute atomic E-state index is 0.389. The van der Waals surface area contributed by atoms with Gasteiger partial charge in [-0.1, -0.05) is 6.92 Å². The Bertz CT molecular complexity index is 481. The summed E-state index contributed by atoms with van der Waals surface area (Å²) in [6, 6.07) is 5.71. The summed E-state index contributed by atoms with van der Waals surface area (Å²) in [6.45, 7) is 2.35. The van der Waals surface area contributed by atoms with Gasteiger partial charge in [0.15, 0.2) is 5.58 Å². The number of fused-ring (bicyclic) bond motifs is 1. The molecule has 86 valence electrons. The number of rotatable bonds is 4. The largest absolute Gasteiger partial charge is 0.423 e. The van der Waals surface area contributed by atoms with E-state index in [9.17, 15) is 5.11 Å². The van der Waals surface area contributed by atoms with Crippen LogP contribution in [0.25, 0.3) is 11.1 Å². The van der Waals surface area contributed by atoms with E-state index >= 15 is 0 Å². The van der Waals surface area contributed by atoms with Gasteiger partial charge in [-0.15, -0.1) is 0 Å². The van der Waals surface area contributed by atoms with Crippen molar-refractivity contribution >= 4 is 22.8 Å². The van der Waals surface area contributed by atoms with Crippen LogP contribution in [-0.4, -0.2) is 22.7 Å². The van der Waals surface area contributed by atoms with Gasteiger partial charge in [-0.05, 0) is 18.6 Å². The van der Waals surface area contributed by atoms with Crippen LogP contribution in [0.15, 0.2) is 22.6 Å². The first kappa shape index (κ1) is 10.8. The summed E-state index contributed by atoms with van der Waals surface area (Å²) >= 11 is 0. The lowest BCUT2D eigenvalue weighted by atomic mass is 10.3. The molecule has 1 aromatic carbocycles. The van der Waals surface area contributed by atoms with Crippen molar-refractivity contribution < 1.29 is 9.52 Å². The smallest absolute Gasteiger partial charge is 0.295 e. The Morgan fingerprint density at radius 3 is 3.12 bits per heavy atom. The van der Waals surface area contributed by atoms with Gasteiger partial charge in [0.05, 0.1) is 6.10 Å². The summed E-state index contributed by atoms with van der Waals surface area (Å²) < 4.78 is 5.43. The van der Waals surface area contributed by atoms with Gasteiger partial charge < -0.3 is 20.6 Å². The fourth-order valence-corrected chi connectivity index (χ4v) is 1.37. The lowest BCUT2D eigenvalue weighted by Crippen LogP contribution is -2.18. The van der Waals surface area contributed by atoms with E-state index in [-0.39, 0.29) is 6.10 Å². The summed E-state index contributed by atoms with van der Waals surface area (Å²) in [7, 11) is 0. The molecule has 16 heavy (non-hydrogen) atoms. The van der Waals surface area contributed by atoms with Crippen molar-refractivity contribution in [3.63, 3.8) is 0 Å². The van der Waals surface area contributed by atoms with E-state index in [0.717, 1.165) is 5.52 Å². The molecule has 0 radical (unpaired) electrons. The number of aromatic nitrogens is 1. The fraction of sp³-hybridized carbons (Fsp3) is 0.364. The Labute approximate surface area is 93.3 Å². The van der Waals surface area contributed by atoms with Gasteiger partial charge in [-0.2, -0.15) is 4.98 Å². The van der Waals surface area contributed by atoms with Crippen LogP contribution in [0.1, 0.15) is 13.3 Å². The number of nitrogens with zero attached hydrogens (tertiary/aromatic N) is 1. The highest BCUT2D eigenvalue weighted by molar-refractivity contribution is 5.78. The molecule has 0 amide bonds. The molecule has 0 aliphatic heterocycles. The van der Waals surface area contributed by atoms with Gasteiger partial charge in [0.2, 0.25) is 0 Å². The summed E-state index contributed by atoms with van der Waals surface area (Å²) in [5.74, 6) is 0. The zero-order valence-electron chi connectivity index (χ0n) is 9.10. The number of nitrogen functional groups attached to an aromatic ring is 1. The summed E-state index contributed by atoms with van der Waals surface area (Å²) in [4.78, 5) is 4.22. The van der Waals surface area contributed by atoms with Crippen molar-refractivity contribution in [2.75, 3.05) is 17.6 Å². The number of aliphatic hydroxyl groups is 1. The molecule has 2 aromatic rings. The topological polar surface area (TPSA) is 84.3 Å². The highest BCUT2D eigenvalue weighted by atomic mass is 16.4. The van der Waals surface area contributed by atoms with Gasteiger partial charge in [0.25, 0.3) is 6.01 Å². The summed E-state index contributed by atoms with van der Waals surface area (Å²) in [5.41, 5.74) is 7.67. The molecule has 2 rings (SSSR count). The minimum atomic E-state index is -0.389. The first-order valence-corrected chi connectivity index (χ1v) is 5.27. The first-order valence-electron chi connectivity index (χ1n) is 5.27. The zero-order valence-corrected chi connectivity index (χ0v) is 9.10. The van der Waals surface area contributed by atoms with E-state index in [1.807, 2.05) is 6.92 Å². The molecule has 4 N–H and O–H groups in total. The number of nitrogens with two attached hydrogens (primary N) is 1. The highest BCUT2D eigenvalue weighted by Crippen LogP contribution is 2.20. The zero-order chi connectivity index (χ0) is 11.5. The number of hydrogen-bond donors (Lipinski definition) is 3. The number of benzene rings is 1. The van der Waals surface area contributed by atoms with Crippen LogP contribution in [-0.2, 0) is 0 Å². The maximum Gasteiger partial charge on any atom is 0.295 e. The van der Waals surface area contributed by atoms with Gasteiger partial charge in [-0.3, -0.25) is 0 Å². The molecule has 0 saturated heterocycles. The molecule has 0 aliphatic carbocycles. The Kier molecular flexibility index (Phi) is 2.96. The Morgan fingerprint density at radius 1 is 1.56 bits per heavy atom. The number of hydrogen-bond acceptors (Lipinski definition) is 5. The predicted octanol–water partition coefficient (Wildman–Crippen LogP) is 1.59. The molecule has 1 heterocycles. The van der Waals surface area contributed by atoms with E-state index in [2.05, 4.69) is 10.3 Å². The van der Waals surface area contributed by atoms with E-state index in [1.54, 1.807) is 18.2 Å². The molecule has 0 spiro atoms. The van der Waals surface area contributed by atoms with Crippen LogP contribution >= 0.6 is 0 Å². The molecular weight excluding hydrogens is 206 g/mol. The monoisotopic (exact) mass is 221 g/mol. The average molecular weight is 221 g/mol. The van der Waals surface area contributed by atoms with Crippen LogP contribution in [0.2, 0.25) is 0 Å². The van der Waals surface area contributed by atoms with Crippen LogP contribution in [0.4, 0.5) is 11.7 Å². The molecular formula is C11H15N3O2. The molecule has 0 aliphatic rings. The van der Waals surface area contributed by atoms with Gasteiger partial charge >= 0.3 is 0 Å². The van der Waals surface area contributed by atoms with Crippen LogP contribution in [0, 0.1) is 0 Å². The van der Waals surface area contributed by atoms with Crippen molar-refractivity contribution in [1.82, 2.24) is 4.98 Å². The third kappa shape index (κ3) is 2.25. The second-order valence-corrected chi connectivity index (χ2v) is 3.69. The number of anilines is 2. The lowest BCUT2D eigenvalue weighted by Gasteiger charge is -2.06. The third-order valence-corrected chi connectivity index (χ3v) is 2.37. The Balaban J connectivity index is 2.13.